The molecule has 2 fully saturated rings. The van der Waals surface area contributed by atoms with Crippen molar-refractivity contribution in [2.45, 2.75) is 95.6 Å². The van der Waals surface area contributed by atoms with E-state index in [0.717, 1.165) is 22.3 Å². The molecule has 7 rings (SSSR count). The largest absolute Gasteiger partial charge is 0.488 e. The van der Waals surface area contributed by atoms with E-state index in [0.29, 0.717) is 23.5 Å². The first-order chi connectivity index (χ1) is 27.6. The predicted octanol–water partition coefficient (Wildman–Crippen LogP) is 10.2. The van der Waals surface area contributed by atoms with Gasteiger partial charge in [-0.05, 0) is 73.3 Å². The van der Waals surface area contributed by atoms with E-state index in [1.807, 2.05) is 106 Å². The number of rotatable bonds is 12. The van der Waals surface area contributed by atoms with Crippen molar-refractivity contribution in [1.82, 2.24) is 4.90 Å². The van der Waals surface area contributed by atoms with E-state index < -0.39 is 37.6 Å². The smallest absolute Gasteiger partial charge is 0.338 e. The molecule has 58 heavy (non-hydrogen) atoms. The van der Waals surface area contributed by atoms with Crippen molar-refractivity contribution in [2.24, 2.45) is 0 Å². The van der Waals surface area contributed by atoms with Gasteiger partial charge in [-0.1, -0.05) is 142 Å². The number of hydrogen-bond acceptors (Lipinski definition) is 7. The minimum absolute atomic E-state index is 0.127. The molecule has 2 aliphatic rings. The zero-order chi connectivity index (χ0) is 41.5. The Labute approximate surface area is 344 Å². The number of benzene rings is 5. The van der Waals surface area contributed by atoms with Crippen LogP contribution in [0.3, 0.4) is 0 Å². The van der Waals surface area contributed by atoms with Gasteiger partial charge in [0.25, 0.3) is 0 Å². The van der Waals surface area contributed by atoms with E-state index in [2.05, 4.69) is 81.2 Å². The van der Waals surface area contributed by atoms with Gasteiger partial charge in [-0.2, -0.15) is 5.26 Å². The summed E-state index contributed by atoms with van der Waals surface area (Å²) in [6, 6.07) is 45.8. The van der Waals surface area contributed by atoms with Gasteiger partial charge in [0.1, 0.15) is 24.0 Å². The number of fused-ring (bicyclic) bond motifs is 1. The van der Waals surface area contributed by atoms with Crippen LogP contribution in [0.15, 0.2) is 133 Å². The molecule has 2 heterocycles. The van der Waals surface area contributed by atoms with Crippen LogP contribution < -0.4 is 9.64 Å². The lowest BCUT2D eigenvalue weighted by molar-refractivity contribution is -0.118. The number of piperazine rings is 1. The molecule has 5 aromatic rings. The Bertz CT molecular complexity index is 2200. The van der Waals surface area contributed by atoms with Crippen molar-refractivity contribution >= 4 is 25.9 Å². The fourth-order valence-corrected chi connectivity index (χ4v) is 8.99. The van der Waals surface area contributed by atoms with E-state index in [9.17, 15) is 10.1 Å². The summed E-state index contributed by atoms with van der Waals surface area (Å²) in [7, 11) is -2.56. The maximum Gasteiger partial charge on any atom is 0.338 e. The SMILES string of the molecule is CC(C)(C)OC(=O)c1cc(OCc2ccccc2)c(C(C#N)O[Si](C)(C)C(C)(C)C)c(N2C[C@H]3[C@@H](C2=O)N3C(c2ccccc2)(c2ccccc2)c2ccccc2)c1. The number of carbonyl (C=O) groups is 2. The van der Waals surface area contributed by atoms with Crippen LogP contribution in [0.5, 0.6) is 5.75 Å². The topological polar surface area (TPSA) is 91.9 Å². The van der Waals surface area contributed by atoms with Gasteiger partial charge in [0.15, 0.2) is 14.4 Å². The summed E-state index contributed by atoms with van der Waals surface area (Å²) in [5, 5.41) is 10.7. The van der Waals surface area contributed by atoms with Crippen molar-refractivity contribution in [3.8, 4) is 11.8 Å². The van der Waals surface area contributed by atoms with Crippen LogP contribution >= 0.6 is 0 Å². The molecule has 0 spiro atoms. The number of esters is 1. The molecule has 8 nitrogen and oxygen atoms in total. The molecule has 0 aromatic heterocycles. The van der Waals surface area contributed by atoms with Gasteiger partial charge in [-0.15, -0.1) is 0 Å². The molecule has 0 N–H and O–H groups in total. The molecular weight excluding hydrogens is 739 g/mol. The van der Waals surface area contributed by atoms with Crippen LogP contribution in [0.25, 0.3) is 0 Å². The lowest BCUT2D eigenvalue weighted by Gasteiger charge is -2.41. The lowest BCUT2D eigenvalue weighted by Crippen LogP contribution is -2.46. The van der Waals surface area contributed by atoms with Crippen LogP contribution in [-0.4, -0.2) is 49.3 Å². The molecule has 4 atom stereocenters. The van der Waals surface area contributed by atoms with Crippen LogP contribution in [0.1, 0.15) is 85.8 Å². The minimum atomic E-state index is -2.56. The number of nitrogens with zero attached hydrogens (tertiary/aromatic N) is 3. The van der Waals surface area contributed by atoms with Crippen molar-refractivity contribution in [1.29, 1.82) is 5.26 Å². The molecule has 2 aliphatic heterocycles. The fraction of sp³-hybridized carbons (Fsp3) is 0.327. The molecule has 0 aliphatic carbocycles. The van der Waals surface area contributed by atoms with E-state index in [1.54, 1.807) is 17.0 Å². The highest BCUT2D eigenvalue weighted by molar-refractivity contribution is 6.74. The number of nitriles is 1. The Morgan fingerprint density at radius 2 is 1.29 bits per heavy atom. The molecule has 1 amide bonds. The number of carbonyl (C=O) groups excluding carboxylic acids is 2. The van der Waals surface area contributed by atoms with E-state index in [1.165, 1.54) is 0 Å². The highest BCUT2D eigenvalue weighted by Gasteiger charge is 2.68. The van der Waals surface area contributed by atoms with E-state index in [4.69, 9.17) is 13.9 Å². The molecule has 0 radical (unpaired) electrons. The van der Waals surface area contributed by atoms with Crippen molar-refractivity contribution in [2.75, 3.05) is 11.4 Å². The first-order valence-electron chi connectivity index (χ1n) is 20.0. The number of hydrogen-bond donors (Lipinski definition) is 0. The van der Waals surface area contributed by atoms with Crippen LogP contribution in [0, 0.1) is 11.3 Å². The van der Waals surface area contributed by atoms with Crippen molar-refractivity contribution in [3.63, 3.8) is 0 Å². The molecule has 9 heteroatoms. The van der Waals surface area contributed by atoms with E-state index in [-0.39, 0.29) is 29.2 Å². The second-order valence-corrected chi connectivity index (χ2v) is 22.5. The Kier molecular flexibility index (Phi) is 11.0. The molecule has 0 bridgehead atoms. The summed E-state index contributed by atoms with van der Waals surface area (Å²) in [6.07, 6.45) is -1.09. The summed E-state index contributed by atoms with van der Waals surface area (Å²) >= 11 is 0. The average Bonchev–Trinajstić information content (AvgIpc) is 3.81. The zero-order valence-electron chi connectivity index (χ0n) is 34.7. The Morgan fingerprint density at radius 3 is 1.72 bits per heavy atom. The number of anilines is 1. The third-order valence-electron chi connectivity index (χ3n) is 11.7. The molecule has 2 saturated heterocycles. The average molecular weight is 792 g/mol. The molecular formula is C49H53N3O5Si. The first kappa shape index (κ1) is 40.7. The van der Waals surface area contributed by atoms with Gasteiger partial charge < -0.3 is 18.8 Å². The molecule has 0 saturated carbocycles. The third-order valence-corrected chi connectivity index (χ3v) is 16.1. The van der Waals surface area contributed by atoms with Crippen LogP contribution in [-0.2, 0) is 26.1 Å². The number of ether oxygens (including phenoxy) is 2. The minimum Gasteiger partial charge on any atom is -0.488 e. The summed E-state index contributed by atoms with van der Waals surface area (Å²) in [5.41, 5.74) is 3.59. The van der Waals surface area contributed by atoms with Gasteiger partial charge in [0, 0.05) is 6.54 Å². The summed E-state index contributed by atoms with van der Waals surface area (Å²) in [6.45, 7) is 16.5. The van der Waals surface area contributed by atoms with Gasteiger partial charge in [0.2, 0.25) is 5.91 Å². The summed E-state index contributed by atoms with van der Waals surface area (Å²) in [5.74, 6) is -0.388. The van der Waals surface area contributed by atoms with Gasteiger partial charge in [-0.3, -0.25) is 9.69 Å². The molecule has 5 aromatic carbocycles. The van der Waals surface area contributed by atoms with Gasteiger partial charge in [-0.25, -0.2) is 4.79 Å². The van der Waals surface area contributed by atoms with Gasteiger partial charge >= 0.3 is 5.97 Å². The maximum atomic E-state index is 15.2. The summed E-state index contributed by atoms with van der Waals surface area (Å²) < 4.78 is 19.3. The second-order valence-electron chi connectivity index (χ2n) is 17.7. The van der Waals surface area contributed by atoms with Gasteiger partial charge in [0.05, 0.1) is 34.5 Å². The second kappa shape index (κ2) is 15.7. The fourth-order valence-electron chi connectivity index (χ4n) is 7.88. The Hall–Kier alpha value is -5.53. The van der Waals surface area contributed by atoms with Crippen LogP contribution in [0.2, 0.25) is 18.1 Å². The quantitative estimate of drug-likeness (QED) is 0.0538. The Morgan fingerprint density at radius 1 is 0.793 bits per heavy atom. The lowest BCUT2D eigenvalue weighted by atomic mass is 9.76. The van der Waals surface area contributed by atoms with E-state index >= 15 is 4.79 Å². The Balaban J connectivity index is 1.38. The zero-order valence-corrected chi connectivity index (χ0v) is 35.7. The predicted molar refractivity (Wildman–Crippen MR) is 230 cm³/mol. The van der Waals surface area contributed by atoms with Crippen molar-refractivity contribution in [3.05, 3.63) is 167 Å². The maximum absolute atomic E-state index is 15.2. The molecule has 298 valence electrons. The highest BCUT2D eigenvalue weighted by Crippen LogP contribution is 2.56. The van der Waals surface area contributed by atoms with Crippen molar-refractivity contribution < 1.29 is 23.5 Å². The standard InChI is InChI=1S/C49H53N3O5Si/c1-47(2,3)56-46(54)35-29-39(43(42(31-50)57-58(7,8)48(4,5)6)41(30-35)55-33-34-21-13-9-14-22-34)51-32-40-44(45(51)53)52(40)49(36-23-15-10-16-24-36,37-25-17-11-18-26-37)38-27-19-12-20-28-38/h9-30,40,42,44H,32-33H2,1-8H3/t40-,42?,44-,52?/m0/s1. The first-order valence-corrected chi connectivity index (χ1v) is 22.9. The number of amides is 1. The highest BCUT2D eigenvalue weighted by atomic mass is 28.4. The molecule has 2 unspecified atom stereocenters. The third kappa shape index (κ3) is 7.72. The monoisotopic (exact) mass is 791 g/mol. The summed E-state index contributed by atoms with van der Waals surface area (Å²) in [4.78, 5) is 33.2. The normalized spacial score (nSPS) is 18.6. The van der Waals surface area contributed by atoms with Crippen LogP contribution in [0.4, 0.5) is 5.69 Å².